The maximum Gasteiger partial charge on any atom is 0.221 e. The molecule has 1 aromatic rings. The van der Waals surface area contributed by atoms with Crippen LogP contribution in [0.1, 0.15) is 12.1 Å². The van der Waals surface area contributed by atoms with Crippen LogP contribution < -0.4 is 5.32 Å². The topological polar surface area (TPSA) is 46.9 Å². The fourth-order valence-electron chi connectivity index (χ4n) is 1.11. The van der Waals surface area contributed by atoms with Crippen LogP contribution in [0.25, 0.3) is 0 Å². The standard InChI is InChI=1S/C9H14BrN3OS/c1-7-8(10)6-13(12-7)4-2-9(14)11-3-5-15/h6,15H,2-5H2,1H3,(H,11,14). The number of nitrogens with zero attached hydrogens (tertiary/aromatic N) is 2. The number of rotatable bonds is 5. The monoisotopic (exact) mass is 291 g/mol. The number of halogens is 1. The van der Waals surface area contributed by atoms with E-state index >= 15 is 0 Å². The van der Waals surface area contributed by atoms with E-state index in [0.717, 1.165) is 10.2 Å². The van der Waals surface area contributed by atoms with E-state index in [1.807, 2.05) is 13.1 Å². The molecule has 84 valence electrons. The number of carbonyl (C=O) groups is 1. The molecule has 1 heterocycles. The third-order valence-corrected chi connectivity index (χ3v) is 2.89. The summed E-state index contributed by atoms with van der Waals surface area (Å²) in [6.07, 6.45) is 2.32. The summed E-state index contributed by atoms with van der Waals surface area (Å²) in [7, 11) is 0. The van der Waals surface area contributed by atoms with Crippen LogP contribution in [0, 0.1) is 6.92 Å². The van der Waals surface area contributed by atoms with Gasteiger partial charge in [-0.2, -0.15) is 17.7 Å². The van der Waals surface area contributed by atoms with Gasteiger partial charge >= 0.3 is 0 Å². The molecule has 6 heteroatoms. The molecule has 0 aliphatic heterocycles. The zero-order valence-electron chi connectivity index (χ0n) is 8.53. The quantitative estimate of drug-likeness (QED) is 0.806. The van der Waals surface area contributed by atoms with Gasteiger partial charge in [0.15, 0.2) is 0 Å². The Balaban J connectivity index is 2.33. The number of amides is 1. The molecular formula is C9H14BrN3OS. The van der Waals surface area contributed by atoms with E-state index in [0.29, 0.717) is 25.3 Å². The maximum atomic E-state index is 11.3. The van der Waals surface area contributed by atoms with Crippen molar-refractivity contribution in [2.45, 2.75) is 19.9 Å². The Morgan fingerprint density at radius 1 is 1.73 bits per heavy atom. The molecule has 0 radical (unpaired) electrons. The van der Waals surface area contributed by atoms with Gasteiger partial charge in [0, 0.05) is 31.5 Å². The number of thiol groups is 1. The third-order valence-electron chi connectivity index (χ3n) is 1.89. The molecule has 0 bridgehead atoms. The van der Waals surface area contributed by atoms with E-state index in [-0.39, 0.29) is 5.91 Å². The van der Waals surface area contributed by atoms with Crippen LogP contribution in [0.2, 0.25) is 0 Å². The molecule has 0 unspecified atom stereocenters. The predicted octanol–water partition coefficient (Wildman–Crippen LogP) is 1.39. The van der Waals surface area contributed by atoms with Gasteiger partial charge in [-0.25, -0.2) is 0 Å². The van der Waals surface area contributed by atoms with Gasteiger partial charge in [0.2, 0.25) is 5.91 Å². The van der Waals surface area contributed by atoms with E-state index in [4.69, 9.17) is 0 Å². The molecule has 0 fully saturated rings. The molecule has 0 saturated carbocycles. The Labute approximate surface area is 103 Å². The Morgan fingerprint density at radius 2 is 2.47 bits per heavy atom. The minimum absolute atomic E-state index is 0.0355. The summed E-state index contributed by atoms with van der Waals surface area (Å²) < 4.78 is 2.73. The number of hydrogen-bond acceptors (Lipinski definition) is 3. The molecule has 0 atom stereocenters. The lowest BCUT2D eigenvalue weighted by molar-refractivity contribution is -0.121. The Hall–Kier alpha value is -0.490. The zero-order valence-corrected chi connectivity index (χ0v) is 11.0. The van der Waals surface area contributed by atoms with Crippen molar-refractivity contribution in [3.63, 3.8) is 0 Å². The summed E-state index contributed by atoms with van der Waals surface area (Å²) in [5, 5.41) is 6.99. The van der Waals surface area contributed by atoms with E-state index in [9.17, 15) is 4.79 Å². The molecule has 4 nitrogen and oxygen atoms in total. The number of hydrogen-bond donors (Lipinski definition) is 2. The van der Waals surface area contributed by atoms with Crippen LogP contribution in [0.3, 0.4) is 0 Å². The summed E-state index contributed by atoms with van der Waals surface area (Å²) >= 11 is 7.38. The number of carbonyl (C=O) groups excluding carboxylic acids is 1. The average molecular weight is 292 g/mol. The van der Waals surface area contributed by atoms with Crippen molar-refractivity contribution in [3.05, 3.63) is 16.4 Å². The second-order valence-corrected chi connectivity index (χ2v) is 4.45. The highest BCUT2D eigenvalue weighted by molar-refractivity contribution is 9.10. The predicted molar refractivity (Wildman–Crippen MR) is 66.1 cm³/mol. The molecule has 15 heavy (non-hydrogen) atoms. The SMILES string of the molecule is Cc1nn(CCC(=O)NCCS)cc1Br. The lowest BCUT2D eigenvalue weighted by Gasteiger charge is -2.03. The van der Waals surface area contributed by atoms with Gasteiger partial charge in [0.25, 0.3) is 0 Å². The minimum Gasteiger partial charge on any atom is -0.355 e. The molecule has 0 aliphatic carbocycles. The van der Waals surface area contributed by atoms with Gasteiger partial charge in [0.05, 0.1) is 10.2 Å². The minimum atomic E-state index is 0.0355. The van der Waals surface area contributed by atoms with Crippen molar-refractivity contribution in [2.24, 2.45) is 0 Å². The molecule has 0 aliphatic rings. The van der Waals surface area contributed by atoms with Gasteiger partial charge in [0.1, 0.15) is 0 Å². The van der Waals surface area contributed by atoms with E-state index in [2.05, 4.69) is 39.0 Å². The number of nitrogens with one attached hydrogen (secondary N) is 1. The lowest BCUT2D eigenvalue weighted by Crippen LogP contribution is -2.26. The van der Waals surface area contributed by atoms with Gasteiger partial charge in [-0.1, -0.05) is 0 Å². The molecule has 1 rings (SSSR count). The second-order valence-electron chi connectivity index (χ2n) is 3.15. The van der Waals surface area contributed by atoms with Gasteiger partial charge in [-0.05, 0) is 22.9 Å². The zero-order chi connectivity index (χ0) is 11.3. The van der Waals surface area contributed by atoms with Crippen molar-refractivity contribution in [3.8, 4) is 0 Å². The van der Waals surface area contributed by atoms with Crippen molar-refractivity contribution < 1.29 is 4.79 Å². The Morgan fingerprint density at radius 3 is 3.00 bits per heavy atom. The molecule has 1 aromatic heterocycles. The van der Waals surface area contributed by atoms with Crippen LogP contribution in [-0.2, 0) is 11.3 Å². The van der Waals surface area contributed by atoms with Crippen molar-refractivity contribution in [2.75, 3.05) is 12.3 Å². The second kappa shape index (κ2) is 6.17. The fourth-order valence-corrected chi connectivity index (χ4v) is 1.54. The molecule has 0 saturated heterocycles. The van der Waals surface area contributed by atoms with Gasteiger partial charge in [-0.15, -0.1) is 0 Å². The van der Waals surface area contributed by atoms with Crippen LogP contribution in [0.5, 0.6) is 0 Å². The highest BCUT2D eigenvalue weighted by atomic mass is 79.9. The largest absolute Gasteiger partial charge is 0.355 e. The first-order valence-electron chi connectivity index (χ1n) is 4.70. The van der Waals surface area contributed by atoms with Crippen LogP contribution >= 0.6 is 28.6 Å². The highest BCUT2D eigenvalue weighted by Gasteiger charge is 2.04. The van der Waals surface area contributed by atoms with E-state index in [1.54, 1.807) is 4.68 Å². The maximum absolute atomic E-state index is 11.3. The first kappa shape index (κ1) is 12.6. The normalized spacial score (nSPS) is 10.3. The van der Waals surface area contributed by atoms with Crippen LogP contribution in [-0.4, -0.2) is 28.0 Å². The molecule has 0 spiro atoms. The molecule has 1 amide bonds. The summed E-state index contributed by atoms with van der Waals surface area (Å²) in [5.41, 5.74) is 0.936. The summed E-state index contributed by atoms with van der Waals surface area (Å²) in [4.78, 5) is 11.3. The van der Waals surface area contributed by atoms with Crippen molar-refractivity contribution in [1.82, 2.24) is 15.1 Å². The van der Waals surface area contributed by atoms with Crippen molar-refractivity contribution in [1.29, 1.82) is 0 Å². The average Bonchev–Trinajstić information content (AvgIpc) is 2.52. The molecule has 1 N–H and O–H groups in total. The van der Waals surface area contributed by atoms with Crippen LogP contribution in [0.15, 0.2) is 10.7 Å². The Bertz CT molecular complexity index is 321. The fraction of sp³-hybridized carbons (Fsp3) is 0.556. The van der Waals surface area contributed by atoms with E-state index < -0.39 is 0 Å². The molecular weight excluding hydrogens is 278 g/mol. The van der Waals surface area contributed by atoms with Crippen molar-refractivity contribution >= 4 is 34.5 Å². The molecule has 0 aromatic carbocycles. The van der Waals surface area contributed by atoms with Crippen LogP contribution in [0.4, 0.5) is 0 Å². The smallest absolute Gasteiger partial charge is 0.221 e. The highest BCUT2D eigenvalue weighted by Crippen LogP contribution is 2.13. The van der Waals surface area contributed by atoms with Gasteiger partial charge in [-0.3, -0.25) is 9.48 Å². The number of aryl methyl sites for hydroxylation is 2. The first-order chi connectivity index (χ1) is 7.13. The Kier molecular flexibility index (Phi) is 5.17. The first-order valence-corrected chi connectivity index (χ1v) is 6.13. The van der Waals surface area contributed by atoms with Gasteiger partial charge < -0.3 is 5.32 Å². The third kappa shape index (κ3) is 4.25. The summed E-state index contributed by atoms with van der Waals surface area (Å²) in [6, 6.07) is 0. The summed E-state index contributed by atoms with van der Waals surface area (Å²) in [6.45, 7) is 3.14. The summed E-state index contributed by atoms with van der Waals surface area (Å²) in [5.74, 6) is 0.700. The lowest BCUT2D eigenvalue weighted by atomic mass is 10.4. The van der Waals surface area contributed by atoms with E-state index in [1.165, 1.54) is 0 Å². The number of aromatic nitrogens is 2.